The van der Waals surface area contributed by atoms with Crippen LogP contribution in [0, 0.1) is 28.6 Å². The number of halogens is 3. The lowest BCUT2D eigenvalue weighted by Crippen LogP contribution is -2.45. The number of likely N-dealkylation sites (tertiary alicyclic amines) is 1. The molecule has 3 aliphatic rings. The Labute approximate surface area is 193 Å². The first-order valence-electron chi connectivity index (χ1n) is 12.0. The lowest BCUT2D eigenvalue weighted by Gasteiger charge is -2.43. The highest BCUT2D eigenvalue weighted by Gasteiger charge is 2.49. The molecule has 33 heavy (non-hydrogen) atoms. The van der Waals surface area contributed by atoms with E-state index in [1.54, 1.807) is 12.1 Å². The summed E-state index contributed by atoms with van der Waals surface area (Å²) in [7, 11) is 0. The number of hydrogen-bond donors (Lipinski definition) is 1. The Hall–Kier alpha value is -2.27. The monoisotopic (exact) mass is 463 g/mol. The molecule has 180 valence electrons. The number of rotatable bonds is 4. The van der Waals surface area contributed by atoms with Crippen molar-refractivity contribution in [2.75, 3.05) is 37.7 Å². The molecule has 1 aliphatic carbocycles. The van der Waals surface area contributed by atoms with Gasteiger partial charge in [-0.05, 0) is 55.2 Å². The molecule has 1 N–H and O–H groups in total. The molecular weight excluding hydrogens is 431 g/mol. The van der Waals surface area contributed by atoms with Crippen LogP contribution < -0.4 is 4.90 Å². The van der Waals surface area contributed by atoms with Crippen molar-refractivity contribution in [3.05, 3.63) is 29.3 Å². The van der Waals surface area contributed by atoms with Crippen LogP contribution in [0.25, 0.3) is 0 Å². The number of anilines is 1. The summed E-state index contributed by atoms with van der Waals surface area (Å²) in [6.07, 6.45) is 3.33. The van der Waals surface area contributed by atoms with Crippen LogP contribution in [0.5, 0.6) is 0 Å². The second kappa shape index (κ2) is 9.54. The second-order valence-corrected chi connectivity index (χ2v) is 10.1. The zero-order valence-corrected chi connectivity index (χ0v) is 18.9. The molecule has 1 aromatic rings. The highest BCUT2D eigenvalue weighted by atomic mass is 19.4. The number of aliphatic hydroxyl groups excluding tert-OH is 1. The Morgan fingerprint density at radius 1 is 1.18 bits per heavy atom. The standard InChI is InChI=1S/C25H32F3N3O2/c26-25(27,28)22-13-21(7-6-19(22)14-29)30-10-8-24(9-11-30)17-31(15-20(24)16-32)23(33)12-18-4-2-1-3-5-18/h6-7,13,18,20,32H,1-5,8-12,15-17H2. The fourth-order valence-corrected chi connectivity index (χ4v) is 6.08. The van der Waals surface area contributed by atoms with Gasteiger partial charge in [-0.3, -0.25) is 4.79 Å². The van der Waals surface area contributed by atoms with Gasteiger partial charge in [-0.1, -0.05) is 19.3 Å². The van der Waals surface area contributed by atoms with E-state index in [1.165, 1.54) is 25.3 Å². The van der Waals surface area contributed by atoms with E-state index in [9.17, 15) is 23.1 Å². The molecule has 8 heteroatoms. The zero-order chi connectivity index (χ0) is 23.6. The van der Waals surface area contributed by atoms with Gasteiger partial charge in [0, 0.05) is 50.8 Å². The first-order chi connectivity index (χ1) is 15.8. The Bertz CT molecular complexity index is 897. The van der Waals surface area contributed by atoms with Crippen LogP contribution >= 0.6 is 0 Å². The molecule has 2 saturated heterocycles. The molecule has 2 aliphatic heterocycles. The van der Waals surface area contributed by atoms with Gasteiger partial charge < -0.3 is 14.9 Å². The molecule has 0 radical (unpaired) electrons. The average Bonchev–Trinajstić information content (AvgIpc) is 3.17. The number of carbonyl (C=O) groups is 1. The van der Waals surface area contributed by atoms with Gasteiger partial charge >= 0.3 is 6.18 Å². The third-order valence-electron chi connectivity index (χ3n) is 8.13. The maximum atomic E-state index is 13.4. The zero-order valence-electron chi connectivity index (χ0n) is 18.9. The average molecular weight is 464 g/mol. The van der Waals surface area contributed by atoms with E-state index in [0.29, 0.717) is 57.0 Å². The molecule has 1 atom stereocenters. The molecule has 1 aromatic carbocycles. The molecule has 3 fully saturated rings. The first kappa shape index (κ1) is 23.9. The molecule has 1 spiro atoms. The van der Waals surface area contributed by atoms with Gasteiger partial charge in [-0.2, -0.15) is 18.4 Å². The van der Waals surface area contributed by atoms with Crippen LogP contribution in [0.15, 0.2) is 18.2 Å². The summed E-state index contributed by atoms with van der Waals surface area (Å²) in [4.78, 5) is 16.8. The van der Waals surface area contributed by atoms with E-state index in [4.69, 9.17) is 5.26 Å². The summed E-state index contributed by atoms with van der Waals surface area (Å²) in [6, 6.07) is 5.50. The largest absolute Gasteiger partial charge is 0.417 e. The Morgan fingerprint density at radius 3 is 2.48 bits per heavy atom. The Morgan fingerprint density at radius 2 is 1.88 bits per heavy atom. The van der Waals surface area contributed by atoms with Gasteiger partial charge in [0.25, 0.3) is 0 Å². The van der Waals surface area contributed by atoms with E-state index in [-0.39, 0.29) is 29.4 Å². The summed E-state index contributed by atoms with van der Waals surface area (Å²) < 4.78 is 40.1. The summed E-state index contributed by atoms with van der Waals surface area (Å²) in [6.45, 7) is 2.33. The van der Waals surface area contributed by atoms with Crippen molar-refractivity contribution < 1.29 is 23.1 Å². The fraction of sp³-hybridized carbons (Fsp3) is 0.680. The van der Waals surface area contributed by atoms with E-state index in [1.807, 2.05) is 9.80 Å². The van der Waals surface area contributed by atoms with Crippen molar-refractivity contribution >= 4 is 11.6 Å². The van der Waals surface area contributed by atoms with Crippen LogP contribution in [0.4, 0.5) is 18.9 Å². The SMILES string of the molecule is N#Cc1ccc(N2CCC3(CC2)CN(C(=O)CC2CCCCC2)CC3CO)cc1C(F)(F)F. The van der Waals surface area contributed by atoms with Crippen molar-refractivity contribution in [3.8, 4) is 6.07 Å². The van der Waals surface area contributed by atoms with E-state index in [0.717, 1.165) is 18.9 Å². The van der Waals surface area contributed by atoms with Crippen LogP contribution in [0.2, 0.25) is 0 Å². The van der Waals surface area contributed by atoms with Gasteiger partial charge in [-0.25, -0.2) is 0 Å². The number of hydrogen-bond acceptors (Lipinski definition) is 4. The molecule has 1 amide bonds. The van der Waals surface area contributed by atoms with Crippen molar-refractivity contribution in [2.24, 2.45) is 17.3 Å². The maximum Gasteiger partial charge on any atom is 0.417 e. The highest BCUT2D eigenvalue weighted by Crippen LogP contribution is 2.46. The topological polar surface area (TPSA) is 67.6 Å². The summed E-state index contributed by atoms with van der Waals surface area (Å²) in [5.74, 6) is 0.652. The number of nitrogens with zero attached hydrogens (tertiary/aromatic N) is 3. The smallest absolute Gasteiger partial charge is 0.396 e. The number of nitriles is 1. The quantitative estimate of drug-likeness (QED) is 0.710. The molecule has 1 unspecified atom stereocenters. The predicted molar refractivity (Wildman–Crippen MR) is 118 cm³/mol. The highest BCUT2D eigenvalue weighted by molar-refractivity contribution is 5.77. The minimum Gasteiger partial charge on any atom is -0.396 e. The van der Waals surface area contributed by atoms with Crippen LogP contribution in [-0.2, 0) is 11.0 Å². The minimum absolute atomic E-state index is 0.00153. The van der Waals surface area contributed by atoms with E-state index < -0.39 is 11.7 Å². The molecule has 4 rings (SSSR count). The van der Waals surface area contributed by atoms with Crippen LogP contribution in [-0.4, -0.2) is 48.7 Å². The van der Waals surface area contributed by atoms with E-state index in [2.05, 4.69) is 0 Å². The third kappa shape index (κ3) is 4.98. The fourth-order valence-electron chi connectivity index (χ4n) is 6.08. The van der Waals surface area contributed by atoms with Crippen molar-refractivity contribution in [1.29, 1.82) is 5.26 Å². The Balaban J connectivity index is 1.42. The van der Waals surface area contributed by atoms with Crippen molar-refractivity contribution in [2.45, 2.75) is 57.5 Å². The maximum absolute atomic E-state index is 13.4. The second-order valence-electron chi connectivity index (χ2n) is 10.1. The van der Waals surface area contributed by atoms with Gasteiger partial charge in [0.1, 0.15) is 0 Å². The molecule has 1 saturated carbocycles. The van der Waals surface area contributed by atoms with Crippen LogP contribution in [0.3, 0.4) is 0 Å². The Kier molecular flexibility index (Phi) is 6.90. The predicted octanol–water partition coefficient (Wildman–Crippen LogP) is 4.58. The van der Waals surface area contributed by atoms with Crippen molar-refractivity contribution in [3.63, 3.8) is 0 Å². The minimum atomic E-state index is -4.58. The first-order valence-corrected chi connectivity index (χ1v) is 12.0. The molecular formula is C25H32F3N3O2. The molecule has 0 bridgehead atoms. The van der Waals surface area contributed by atoms with E-state index >= 15 is 0 Å². The lowest BCUT2D eigenvalue weighted by molar-refractivity contribution is -0.137. The number of alkyl halides is 3. The number of piperidine rings is 1. The van der Waals surface area contributed by atoms with Crippen LogP contribution in [0.1, 0.15) is 62.5 Å². The summed E-state index contributed by atoms with van der Waals surface area (Å²) in [5.41, 5.74) is -1.01. The molecule has 5 nitrogen and oxygen atoms in total. The summed E-state index contributed by atoms with van der Waals surface area (Å²) in [5, 5.41) is 19.1. The van der Waals surface area contributed by atoms with Gasteiger partial charge in [0.15, 0.2) is 0 Å². The van der Waals surface area contributed by atoms with Crippen molar-refractivity contribution in [1.82, 2.24) is 4.90 Å². The lowest BCUT2D eigenvalue weighted by atomic mass is 9.71. The van der Waals surface area contributed by atoms with Gasteiger partial charge in [0.2, 0.25) is 5.91 Å². The number of aliphatic hydroxyl groups is 1. The normalized spacial score (nSPS) is 23.7. The number of carbonyl (C=O) groups excluding carboxylic acids is 1. The van der Waals surface area contributed by atoms with Gasteiger partial charge in [-0.15, -0.1) is 0 Å². The van der Waals surface area contributed by atoms with Gasteiger partial charge in [0.05, 0.1) is 17.2 Å². The summed E-state index contributed by atoms with van der Waals surface area (Å²) >= 11 is 0. The third-order valence-corrected chi connectivity index (χ3v) is 8.13. The molecule has 0 aromatic heterocycles. The number of amides is 1. The molecule has 2 heterocycles. The number of benzene rings is 1.